The first kappa shape index (κ1) is 23.6. The van der Waals surface area contributed by atoms with E-state index in [2.05, 4.69) is 16.1 Å². The maximum atomic E-state index is 12.6. The number of benzene rings is 3. The van der Waals surface area contributed by atoms with E-state index < -0.39 is 16.1 Å². The zero-order valence-corrected chi connectivity index (χ0v) is 19.8. The molecule has 0 aromatic heterocycles. The molecule has 168 valence electrons. The monoisotopic (exact) mass is 472 g/mol. The van der Waals surface area contributed by atoms with Crippen molar-refractivity contribution in [3.8, 4) is 5.75 Å². The largest absolute Gasteiger partial charge is 0.481 e. The van der Waals surface area contributed by atoms with E-state index in [1.54, 1.807) is 31.2 Å². The molecule has 3 aromatic rings. The van der Waals surface area contributed by atoms with Gasteiger partial charge in [-0.25, -0.2) is 8.42 Å². The van der Waals surface area contributed by atoms with E-state index in [0.717, 1.165) is 16.7 Å². The van der Waals surface area contributed by atoms with Crippen LogP contribution in [0.15, 0.2) is 65.6 Å². The number of aryl methyl sites for hydroxylation is 2. The highest BCUT2D eigenvalue weighted by atomic mass is 35.5. The number of hydrogen-bond acceptors (Lipinski definition) is 4. The molecule has 0 fully saturated rings. The Morgan fingerprint density at radius 2 is 1.53 bits per heavy atom. The van der Waals surface area contributed by atoms with Crippen LogP contribution in [0.1, 0.15) is 23.6 Å². The van der Waals surface area contributed by atoms with E-state index in [1.807, 2.05) is 26.8 Å². The highest BCUT2D eigenvalue weighted by molar-refractivity contribution is 7.92. The highest BCUT2D eigenvalue weighted by Crippen LogP contribution is 2.25. The minimum absolute atomic E-state index is 0.0700. The summed E-state index contributed by atoms with van der Waals surface area (Å²) in [7, 11) is -3.77. The van der Waals surface area contributed by atoms with Crippen LogP contribution >= 0.6 is 11.6 Å². The molecule has 8 heteroatoms. The molecule has 6 nitrogen and oxygen atoms in total. The third-order valence-corrected chi connectivity index (χ3v) is 6.61. The number of hydrogen-bond donors (Lipinski definition) is 2. The van der Waals surface area contributed by atoms with Crippen molar-refractivity contribution in [2.75, 3.05) is 10.0 Å². The number of halogens is 1. The first-order chi connectivity index (χ1) is 15.0. The lowest BCUT2D eigenvalue weighted by molar-refractivity contribution is -0.122. The van der Waals surface area contributed by atoms with Gasteiger partial charge in [0.05, 0.1) is 4.90 Å². The molecule has 0 spiro atoms. The van der Waals surface area contributed by atoms with Crippen molar-refractivity contribution in [2.45, 2.75) is 38.7 Å². The second-order valence-corrected chi connectivity index (χ2v) is 9.71. The van der Waals surface area contributed by atoms with Crippen LogP contribution in [0.3, 0.4) is 0 Å². The topological polar surface area (TPSA) is 84.5 Å². The smallest absolute Gasteiger partial charge is 0.265 e. The van der Waals surface area contributed by atoms with Crippen molar-refractivity contribution in [2.24, 2.45) is 0 Å². The van der Waals surface area contributed by atoms with Gasteiger partial charge < -0.3 is 10.1 Å². The van der Waals surface area contributed by atoms with Gasteiger partial charge in [0.2, 0.25) is 0 Å². The van der Waals surface area contributed by atoms with E-state index in [4.69, 9.17) is 16.3 Å². The Balaban J connectivity index is 1.66. The summed E-state index contributed by atoms with van der Waals surface area (Å²) < 4.78 is 33.5. The summed E-state index contributed by atoms with van der Waals surface area (Å²) >= 11 is 5.83. The van der Waals surface area contributed by atoms with Crippen molar-refractivity contribution < 1.29 is 17.9 Å². The molecule has 1 atom stereocenters. The van der Waals surface area contributed by atoms with Gasteiger partial charge in [-0.05, 0) is 99.0 Å². The number of ether oxygens (including phenoxy) is 1. The minimum atomic E-state index is -3.77. The number of carbonyl (C=O) groups excluding carboxylic acids is 1. The third kappa shape index (κ3) is 5.81. The molecule has 0 saturated heterocycles. The molecular formula is C24H25ClN2O4S. The number of carbonyl (C=O) groups is 1. The molecule has 0 radical (unpaired) electrons. The zero-order valence-electron chi connectivity index (χ0n) is 18.3. The Morgan fingerprint density at radius 3 is 2.16 bits per heavy atom. The standard InChI is InChI=1S/C24H25ClN2O4S/c1-15-13-16(2)17(3)23(14-15)31-18(4)24(28)26-20-9-11-22(12-10-20)32(29,30)27-21-7-5-19(25)6-8-21/h5-14,18,27H,1-4H3,(H,26,28)/t18-/m1/s1. The van der Waals surface area contributed by atoms with Crippen LogP contribution in [0.2, 0.25) is 5.02 Å². The SMILES string of the molecule is Cc1cc(C)c(C)c(O[C@H](C)C(=O)Nc2ccc(S(=O)(=O)Nc3ccc(Cl)cc3)cc2)c1. The molecule has 0 aliphatic carbocycles. The molecule has 0 aliphatic heterocycles. The molecule has 0 unspecified atom stereocenters. The number of rotatable bonds is 7. The van der Waals surface area contributed by atoms with Gasteiger partial charge in [0, 0.05) is 16.4 Å². The van der Waals surface area contributed by atoms with Gasteiger partial charge in [-0.15, -0.1) is 0 Å². The van der Waals surface area contributed by atoms with E-state index >= 15 is 0 Å². The summed E-state index contributed by atoms with van der Waals surface area (Å²) in [5.74, 6) is 0.332. The fourth-order valence-electron chi connectivity index (χ4n) is 3.06. The van der Waals surface area contributed by atoms with Crippen molar-refractivity contribution in [3.05, 3.63) is 82.4 Å². The fourth-order valence-corrected chi connectivity index (χ4v) is 4.25. The molecule has 3 aromatic carbocycles. The van der Waals surface area contributed by atoms with Gasteiger partial charge in [0.25, 0.3) is 15.9 Å². The van der Waals surface area contributed by atoms with Gasteiger partial charge in [-0.2, -0.15) is 0 Å². The van der Waals surface area contributed by atoms with Crippen LogP contribution in [0.25, 0.3) is 0 Å². The van der Waals surface area contributed by atoms with Crippen molar-refractivity contribution in [3.63, 3.8) is 0 Å². The first-order valence-corrected chi connectivity index (χ1v) is 11.8. The summed E-state index contributed by atoms with van der Waals surface area (Å²) in [4.78, 5) is 12.6. The third-order valence-electron chi connectivity index (χ3n) is 4.97. The quantitative estimate of drug-likeness (QED) is 0.477. The van der Waals surface area contributed by atoms with Crippen molar-refractivity contribution in [1.82, 2.24) is 0 Å². The number of nitrogens with one attached hydrogen (secondary N) is 2. The van der Waals surface area contributed by atoms with Crippen LogP contribution in [0.4, 0.5) is 11.4 Å². The van der Waals surface area contributed by atoms with Crippen molar-refractivity contribution >= 4 is 38.9 Å². The Bertz CT molecular complexity index is 1220. The van der Waals surface area contributed by atoms with Gasteiger partial charge >= 0.3 is 0 Å². The fraction of sp³-hybridized carbons (Fsp3) is 0.208. The molecule has 2 N–H and O–H groups in total. The van der Waals surface area contributed by atoms with Crippen LogP contribution in [-0.4, -0.2) is 20.4 Å². The van der Waals surface area contributed by atoms with Gasteiger partial charge in [-0.3, -0.25) is 9.52 Å². The summed E-state index contributed by atoms with van der Waals surface area (Å²) in [6, 6.07) is 16.2. The van der Waals surface area contributed by atoms with Gasteiger partial charge in [-0.1, -0.05) is 17.7 Å². The number of anilines is 2. The molecule has 0 aliphatic rings. The molecule has 0 bridgehead atoms. The lowest BCUT2D eigenvalue weighted by Gasteiger charge is -2.18. The summed E-state index contributed by atoms with van der Waals surface area (Å²) in [5.41, 5.74) is 4.00. The zero-order chi connectivity index (χ0) is 23.5. The molecule has 1 amide bonds. The maximum Gasteiger partial charge on any atom is 0.265 e. The average molecular weight is 473 g/mol. The lowest BCUT2D eigenvalue weighted by atomic mass is 10.1. The van der Waals surface area contributed by atoms with Gasteiger partial charge in [0.1, 0.15) is 5.75 Å². The molecule has 0 saturated carbocycles. The van der Waals surface area contributed by atoms with Crippen LogP contribution in [-0.2, 0) is 14.8 Å². The molecular weight excluding hydrogens is 448 g/mol. The summed E-state index contributed by atoms with van der Waals surface area (Å²) in [6.45, 7) is 7.59. The Hall–Kier alpha value is -3.03. The Labute approximate surface area is 193 Å². The number of sulfonamides is 1. The summed E-state index contributed by atoms with van der Waals surface area (Å²) in [6.07, 6.45) is -0.732. The Morgan fingerprint density at radius 1 is 0.938 bits per heavy atom. The molecule has 3 rings (SSSR count). The second-order valence-electron chi connectivity index (χ2n) is 7.59. The predicted molar refractivity (Wildman–Crippen MR) is 128 cm³/mol. The van der Waals surface area contributed by atoms with E-state index in [1.165, 1.54) is 24.3 Å². The van der Waals surface area contributed by atoms with Crippen LogP contribution in [0.5, 0.6) is 5.75 Å². The predicted octanol–water partition coefficient (Wildman–Crippen LogP) is 5.47. The maximum absolute atomic E-state index is 12.6. The van der Waals surface area contributed by atoms with Gasteiger partial charge in [0.15, 0.2) is 6.10 Å². The number of amides is 1. The normalized spacial score (nSPS) is 12.2. The Kier molecular flexibility index (Phi) is 7.11. The second kappa shape index (κ2) is 9.63. The van der Waals surface area contributed by atoms with Crippen molar-refractivity contribution in [1.29, 1.82) is 0 Å². The average Bonchev–Trinajstić information content (AvgIpc) is 2.73. The lowest BCUT2D eigenvalue weighted by Crippen LogP contribution is -2.30. The van der Waals surface area contributed by atoms with Crippen LogP contribution in [0, 0.1) is 20.8 Å². The van der Waals surface area contributed by atoms with E-state index in [0.29, 0.717) is 22.1 Å². The summed E-state index contributed by atoms with van der Waals surface area (Å²) in [5, 5.41) is 3.26. The first-order valence-electron chi connectivity index (χ1n) is 9.99. The van der Waals surface area contributed by atoms with Crippen LogP contribution < -0.4 is 14.8 Å². The van der Waals surface area contributed by atoms with E-state index in [-0.39, 0.29) is 10.8 Å². The van der Waals surface area contributed by atoms with E-state index in [9.17, 15) is 13.2 Å². The minimum Gasteiger partial charge on any atom is -0.481 e. The molecule has 32 heavy (non-hydrogen) atoms. The molecule has 0 heterocycles. The highest BCUT2D eigenvalue weighted by Gasteiger charge is 2.18.